The van der Waals surface area contributed by atoms with Crippen LogP contribution in [0.3, 0.4) is 0 Å². The van der Waals surface area contributed by atoms with Gasteiger partial charge in [0.1, 0.15) is 5.60 Å². The molecule has 128 valence electrons. The molecule has 0 aliphatic carbocycles. The largest absolute Gasteiger partial charge is 0.438 e. The van der Waals surface area contributed by atoms with Crippen LogP contribution in [-0.4, -0.2) is 6.09 Å². The predicted octanol–water partition coefficient (Wildman–Crippen LogP) is 6.38. The summed E-state index contributed by atoms with van der Waals surface area (Å²) in [4.78, 5) is 12.1. The third-order valence-electron chi connectivity index (χ3n) is 4.81. The molecule has 23 heavy (non-hydrogen) atoms. The lowest BCUT2D eigenvalue weighted by molar-refractivity contribution is -0.00684. The Balaban J connectivity index is 2.16. The van der Waals surface area contributed by atoms with Crippen LogP contribution in [0.2, 0.25) is 0 Å². The van der Waals surface area contributed by atoms with E-state index in [-0.39, 0.29) is 6.09 Å². The number of fused-ring (bicyclic) bond motifs is 1. The van der Waals surface area contributed by atoms with Gasteiger partial charge >= 0.3 is 6.09 Å². The number of unbranched alkanes of at least 4 members (excludes halogenated alkanes) is 6. The van der Waals surface area contributed by atoms with Crippen molar-refractivity contribution in [2.45, 2.75) is 83.7 Å². The summed E-state index contributed by atoms with van der Waals surface area (Å²) >= 11 is 0. The van der Waals surface area contributed by atoms with Gasteiger partial charge < -0.3 is 4.74 Å². The summed E-state index contributed by atoms with van der Waals surface area (Å²) in [6, 6.07) is 8.13. The monoisotopic (exact) mass is 317 g/mol. The van der Waals surface area contributed by atoms with E-state index in [1.165, 1.54) is 38.5 Å². The molecular weight excluding hydrogens is 286 g/mol. The van der Waals surface area contributed by atoms with Crippen LogP contribution in [0.25, 0.3) is 0 Å². The van der Waals surface area contributed by atoms with E-state index in [0.29, 0.717) is 0 Å². The Bertz CT molecular complexity index is 486. The summed E-state index contributed by atoms with van der Waals surface area (Å²) in [5, 5.41) is 2.86. The van der Waals surface area contributed by atoms with Gasteiger partial charge in [0.25, 0.3) is 0 Å². The van der Waals surface area contributed by atoms with E-state index >= 15 is 0 Å². The van der Waals surface area contributed by atoms with E-state index in [0.717, 1.165) is 36.9 Å². The first kappa shape index (κ1) is 17.8. The molecule has 1 aliphatic heterocycles. The minimum Gasteiger partial charge on any atom is -0.438 e. The molecule has 1 heterocycles. The highest BCUT2D eigenvalue weighted by atomic mass is 16.6. The molecule has 3 heteroatoms. The molecule has 0 saturated carbocycles. The molecule has 0 unspecified atom stereocenters. The van der Waals surface area contributed by atoms with Crippen molar-refractivity contribution < 1.29 is 9.53 Å². The van der Waals surface area contributed by atoms with Gasteiger partial charge in [0.05, 0.1) is 5.69 Å². The minimum absolute atomic E-state index is 0.297. The van der Waals surface area contributed by atoms with Crippen LogP contribution < -0.4 is 5.32 Å². The molecule has 3 nitrogen and oxygen atoms in total. The number of hydrogen-bond acceptors (Lipinski definition) is 2. The number of rotatable bonds is 10. The zero-order valence-electron chi connectivity index (χ0n) is 14.7. The third-order valence-corrected chi connectivity index (χ3v) is 4.81. The van der Waals surface area contributed by atoms with Crippen molar-refractivity contribution in [1.82, 2.24) is 0 Å². The average molecular weight is 317 g/mol. The highest BCUT2D eigenvalue weighted by Gasteiger charge is 2.40. The topological polar surface area (TPSA) is 38.3 Å². The molecule has 2 rings (SSSR count). The number of anilines is 1. The fraction of sp³-hybridized carbons (Fsp3) is 0.650. The zero-order valence-corrected chi connectivity index (χ0v) is 14.7. The standard InChI is InChI=1S/C20H31NO2/c1-3-5-7-11-15-20(16-12-8-6-4-2)17-13-9-10-14-18(17)21-19(22)23-20/h9-10,13-14H,3-8,11-12,15-16H2,1-2H3,(H,21,22). The quantitative estimate of drug-likeness (QED) is 0.508. The van der Waals surface area contributed by atoms with E-state index in [4.69, 9.17) is 4.74 Å². The van der Waals surface area contributed by atoms with Gasteiger partial charge in [-0.05, 0) is 31.7 Å². The van der Waals surface area contributed by atoms with E-state index < -0.39 is 5.60 Å². The maximum absolute atomic E-state index is 12.1. The van der Waals surface area contributed by atoms with E-state index in [2.05, 4.69) is 25.2 Å². The van der Waals surface area contributed by atoms with Crippen molar-refractivity contribution in [3.63, 3.8) is 0 Å². The Morgan fingerprint density at radius 2 is 1.52 bits per heavy atom. The Kier molecular flexibility index (Phi) is 6.94. The second kappa shape index (κ2) is 8.95. The van der Waals surface area contributed by atoms with Gasteiger partial charge in [-0.15, -0.1) is 0 Å². The van der Waals surface area contributed by atoms with Gasteiger partial charge in [0, 0.05) is 5.56 Å². The lowest BCUT2D eigenvalue weighted by atomic mass is 9.81. The zero-order chi connectivity index (χ0) is 16.5. The Morgan fingerprint density at radius 3 is 2.13 bits per heavy atom. The molecule has 0 spiro atoms. The highest BCUT2D eigenvalue weighted by Crippen LogP contribution is 2.43. The van der Waals surface area contributed by atoms with E-state index in [1.807, 2.05) is 18.2 Å². The maximum Gasteiger partial charge on any atom is 0.412 e. The summed E-state index contributed by atoms with van der Waals surface area (Å²) < 4.78 is 5.91. The van der Waals surface area contributed by atoms with Crippen molar-refractivity contribution in [2.24, 2.45) is 0 Å². The summed E-state index contributed by atoms with van der Waals surface area (Å²) in [6.07, 6.45) is 11.2. The number of para-hydroxylation sites is 1. The Hall–Kier alpha value is -1.51. The normalized spacial score (nSPS) is 15.7. The summed E-state index contributed by atoms with van der Waals surface area (Å²) in [7, 11) is 0. The van der Waals surface area contributed by atoms with Gasteiger partial charge in [-0.2, -0.15) is 0 Å². The van der Waals surface area contributed by atoms with Crippen molar-refractivity contribution in [3.8, 4) is 0 Å². The molecule has 0 fully saturated rings. The van der Waals surface area contributed by atoms with Crippen molar-refractivity contribution >= 4 is 11.8 Å². The van der Waals surface area contributed by atoms with Crippen LogP contribution in [0.5, 0.6) is 0 Å². The first-order valence-corrected chi connectivity index (χ1v) is 9.31. The highest BCUT2D eigenvalue weighted by molar-refractivity contribution is 5.88. The maximum atomic E-state index is 12.1. The van der Waals surface area contributed by atoms with E-state index in [1.54, 1.807) is 0 Å². The van der Waals surface area contributed by atoms with Crippen LogP contribution in [-0.2, 0) is 10.3 Å². The van der Waals surface area contributed by atoms with Crippen molar-refractivity contribution in [3.05, 3.63) is 29.8 Å². The number of carbonyl (C=O) groups excluding carboxylic acids is 1. The summed E-state index contributed by atoms with van der Waals surface area (Å²) in [5.41, 5.74) is 1.66. The molecule has 0 saturated heterocycles. The predicted molar refractivity (Wildman–Crippen MR) is 95.7 cm³/mol. The first-order valence-electron chi connectivity index (χ1n) is 9.31. The van der Waals surface area contributed by atoms with Crippen molar-refractivity contribution in [2.75, 3.05) is 5.32 Å². The molecule has 0 atom stereocenters. The number of nitrogens with one attached hydrogen (secondary N) is 1. The lowest BCUT2D eigenvalue weighted by Crippen LogP contribution is -2.39. The average Bonchev–Trinajstić information content (AvgIpc) is 2.55. The number of cyclic esters (lactones) is 1. The molecule has 0 radical (unpaired) electrons. The van der Waals surface area contributed by atoms with E-state index in [9.17, 15) is 4.79 Å². The number of benzene rings is 1. The van der Waals surface area contributed by atoms with Crippen LogP contribution in [0, 0.1) is 0 Å². The molecule has 1 aromatic carbocycles. The number of hydrogen-bond donors (Lipinski definition) is 1. The summed E-state index contributed by atoms with van der Waals surface area (Å²) in [6.45, 7) is 4.45. The van der Waals surface area contributed by atoms with Crippen LogP contribution in [0.15, 0.2) is 24.3 Å². The third kappa shape index (κ3) is 4.73. The lowest BCUT2D eigenvalue weighted by Gasteiger charge is -2.39. The van der Waals surface area contributed by atoms with Crippen molar-refractivity contribution in [1.29, 1.82) is 0 Å². The van der Waals surface area contributed by atoms with Gasteiger partial charge in [0.2, 0.25) is 0 Å². The van der Waals surface area contributed by atoms with Gasteiger partial charge in [0.15, 0.2) is 0 Å². The molecule has 0 aromatic heterocycles. The number of amides is 1. The second-order valence-corrected chi connectivity index (χ2v) is 6.68. The minimum atomic E-state index is -0.430. The molecule has 1 aromatic rings. The van der Waals surface area contributed by atoms with Gasteiger partial charge in [-0.3, -0.25) is 5.32 Å². The second-order valence-electron chi connectivity index (χ2n) is 6.68. The fourth-order valence-corrected chi connectivity index (χ4v) is 3.53. The first-order chi connectivity index (χ1) is 11.2. The molecular formula is C20H31NO2. The molecule has 1 aliphatic rings. The Morgan fingerprint density at radius 1 is 0.913 bits per heavy atom. The molecule has 0 bridgehead atoms. The smallest absolute Gasteiger partial charge is 0.412 e. The number of carbonyl (C=O) groups is 1. The van der Waals surface area contributed by atoms with Crippen LogP contribution >= 0.6 is 0 Å². The summed E-state index contributed by atoms with van der Waals surface area (Å²) in [5.74, 6) is 0. The van der Waals surface area contributed by atoms with Gasteiger partial charge in [-0.1, -0.05) is 70.6 Å². The fourth-order valence-electron chi connectivity index (χ4n) is 3.53. The van der Waals surface area contributed by atoms with Crippen LogP contribution in [0.1, 0.15) is 83.6 Å². The van der Waals surface area contributed by atoms with Crippen LogP contribution in [0.4, 0.5) is 10.5 Å². The molecule has 1 N–H and O–H groups in total. The van der Waals surface area contributed by atoms with Gasteiger partial charge in [-0.25, -0.2) is 4.79 Å². The Labute approximate surface area is 140 Å². The SMILES string of the molecule is CCCCCCC1(CCCCCC)OC(=O)Nc2ccccc21. The number of ether oxygens (including phenoxy) is 1. The molecule has 1 amide bonds.